The number of aliphatic hydroxyl groups excluding tert-OH is 1. The van der Waals surface area contributed by atoms with Gasteiger partial charge in [0.15, 0.2) is 0 Å². The lowest BCUT2D eigenvalue weighted by molar-refractivity contribution is 0.0165. The quantitative estimate of drug-likeness (QED) is 0.547. The summed E-state index contributed by atoms with van der Waals surface area (Å²) in [6.07, 6.45) is 0. The molecule has 0 saturated heterocycles. The summed E-state index contributed by atoms with van der Waals surface area (Å²) in [6.45, 7) is -0.238. The summed E-state index contributed by atoms with van der Waals surface area (Å²) >= 11 is 0. The SMILES string of the molecule is O=C(NOCCO)c1ccccc1F. The molecule has 0 atom stereocenters. The second kappa shape index (κ2) is 5.31. The van der Waals surface area contributed by atoms with Crippen molar-refractivity contribution in [2.45, 2.75) is 0 Å². The molecule has 1 rings (SSSR count). The first-order valence-electron chi connectivity index (χ1n) is 4.03. The first-order chi connectivity index (χ1) is 6.75. The number of hydrogen-bond acceptors (Lipinski definition) is 3. The Labute approximate surface area is 80.3 Å². The van der Waals surface area contributed by atoms with E-state index < -0.39 is 11.7 Å². The Hall–Kier alpha value is -1.46. The Bertz CT molecular complexity index is 317. The molecular weight excluding hydrogens is 189 g/mol. The van der Waals surface area contributed by atoms with E-state index >= 15 is 0 Å². The molecule has 2 N–H and O–H groups in total. The highest BCUT2D eigenvalue weighted by Gasteiger charge is 2.09. The predicted molar refractivity (Wildman–Crippen MR) is 46.9 cm³/mol. The summed E-state index contributed by atoms with van der Waals surface area (Å²) in [5.74, 6) is -1.28. The molecule has 0 spiro atoms. The first-order valence-corrected chi connectivity index (χ1v) is 4.03. The number of hydroxylamine groups is 1. The number of carbonyl (C=O) groups is 1. The number of halogens is 1. The van der Waals surface area contributed by atoms with E-state index in [1.54, 1.807) is 6.07 Å². The second-order valence-corrected chi connectivity index (χ2v) is 2.48. The first kappa shape index (κ1) is 10.6. The molecule has 5 heteroatoms. The zero-order valence-corrected chi connectivity index (χ0v) is 7.37. The van der Waals surface area contributed by atoms with E-state index in [-0.39, 0.29) is 18.8 Å². The van der Waals surface area contributed by atoms with Crippen LogP contribution in [-0.4, -0.2) is 24.2 Å². The largest absolute Gasteiger partial charge is 0.394 e. The smallest absolute Gasteiger partial charge is 0.277 e. The van der Waals surface area contributed by atoms with Crippen molar-refractivity contribution >= 4 is 5.91 Å². The predicted octanol–water partition coefficient (Wildman–Crippen LogP) is 0.479. The molecule has 0 fully saturated rings. The molecule has 0 aliphatic heterocycles. The third-order valence-corrected chi connectivity index (χ3v) is 1.48. The molecule has 0 aromatic heterocycles. The van der Waals surface area contributed by atoms with E-state index in [2.05, 4.69) is 4.84 Å². The average Bonchev–Trinajstić information content (AvgIpc) is 2.18. The lowest BCUT2D eigenvalue weighted by Crippen LogP contribution is -2.25. The zero-order valence-electron chi connectivity index (χ0n) is 7.37. The molecular formula is C9H10FNO3. The summed E-state index contributed by atoms with van der Waals surface area (Å²) < 4.78 is 13.0. The van der Waals surface area contributed by atoms with E-state index in [4.69, 9.17) is 5.11 Å². The maximum atomic E-state index is 13.0. The van der Waals surface area contributed by atoms with Gasteiger partial charge in [0.05, 0.1) is 18.8 Å². The Morgan fingerprint density at radius 2 is 2.21 bits per heavy atom. The lowest BCUT2D eigenvalue weighted by Gasteiger charge is -2.04. The van der Waals surface area contributed by atoms with Gasteiger partial charge >= 0.3 is 0 Å². The Kier molecular flexibility index (Phi) is 4.03. The highest BCUT2D eigenvalue weighted by atomic mass is 19.1. The third-order valence-electron chi connectivity index (χ3n) is 1.48. The van der Waals surface area contributed by atoms with Gasteiger partial charge in [-0.3, -0.25) is 9.63 Å². The van der Waals surface area contributed by atoms with Crippen LogP contribution in [0.15, 0.2) is 24.3 Å². The summed E-state index contributed by atoms with van der Waals surface area (Å²) in [5.41, 5.74) is 1.91. The van der Waals surface area contributed by atoms with Gasteiger partial charge in [0.25, 0.3) is 5.91 Å². The molecule has 1 aromatic rings. The normalized spacial score (nSPS) is 9.86. The monoisotopic (exact) mass is 199 g/mol. The van der Waals surface area contributed by atoms with Crippen LogP contribution in [0, 0.1) is 5.82 Å². The maximum absolute atomic E-state index is 13.0. The number of rotatable bonds is 4. The fraction of sp³-hybridized carbons (Fsp3) is 0.222. The van der Waals surface area contributed by atoms with Crippen molar-refractivity contribution in [1.29, 1.82) is 0 Å². The van der Waals surface area contributed by atoms with Gasteiger partial charge in [-0.05, 0) is 12.1 Å². The Morgan fingerprint density at radius 1 is 1.50 bits per heavy atom. The van der Waals surface area contributed by atoms with E-state index in [0.29, 0.717) is 0 Å². The van der Waals surface area contributed by atoms with Crippen LogP contribution >= 0.6 is 0 Å². The maximum Gasteiger partial charge on any atom is 0.277 e. The number of aliphatic hydroxyl groups is 1. The topological polar surface area (TPSA) is 58.6 Å². The summed E-state index contributed by atoms with van der Waals surface area (Å²) in [4.78, 5) is 15.7. The van der Waals surface area contributed by atoms with Gasteiger partial charge in [0.2, 0.25) is 0 Å². The van der Waals surface area contributed by atoms with Crippen LogP contribution in [0.5, 0.6) is 0 Å². The molecule has 0 aliphatic carbocycles. The van der Waals surface area contributed by atoms with Crippen LogP contribution in [0.2, 0.25) is 0 Å². The van der Waals surface area contributed by atoms with Crippen LogP contribution in [0.1, 0.15) is 10.4 Å². The molecule has 0 saturated carbocycles. The third kappa shape index (κ3) is 2.79. The van der Waals surface area contributed by atoms with Gasteiger partial charge in [-0.25, -0.2) is 9.87 Å². The van der Waals surface area contributed by atoms with Crippen LogP contribution in [0.25, 0.3) is 0 Å². The van der Waals surface area contributed by atoms with Gasteiger partial charge in [0.1, 0.15) is 5.82 Å². The van der Waals surface area contributed by atoms with E-state index in [1.165, 1.54) is 18.2 Å². The summed E-state index contributed by atoms with van der Waals surface area (Å²) in [5, 5.41) is 8.35. The van der Waals surface area contributed by atoms with E-state index in [0.717, 1.165) is 0 Å². The Morgan fingerprint density at radius 3 is 2.86 bits per heavy atom. The Balaban J connectivity index is 2.56. The molecule has 0 bridgehead atoms. The van der Waals surface area contributed by atoms with Crippen molar-refractivity contribution in [3.05, 3.63) is 35.6 Å². The molecule has 14 heavy (non-hydrogen) atoms. The molecule has 0 radical (unpaired) electrons. The average molecular weight is 199 g/mol. The molecule has 0 heterocycles. The number of nitrogens with one attached hydrogen (secondary N) is 1. The van der Waals surface area contributed by atoms with Gasteiger partial charge in [-0.1, -0.05) is 12.1 Å². The van der Waals surface area contributed by atoms with Crippen LogP contribution in [0.4, 0.5) is 4.39 Å². The van der Waals surface area contributed by atoms with Crippen molar-refractivity contribution in [2.24, 2.45) is 0 Å². The molecule has 4 nitrogen and oxygen atoms in total. The van der Waals surface area contributed by atoms with Crippen LogP contribution in [0.3, 0.4) is 0 Å². The summed E-state index contributed by atoms with van der Waals surface area (Å²) in [7, 11) is 0. The molecule has 76 valence electrons. The van der Waals surface area contributed by atoms with Crippen LogP contribution in [-0.2, 0) is 4.84 Å². The fourth-order valence-corrected chi connectivity index (χ4v) is 0.863. The highest BCUT2D eigenvalue weighted by molar-refractivity contribution is 5.93. The minimum absolute atomic E-state index is 0.0276. The van der Waals surface area contributed by atoms with Crippen molar-refractivity contribution in [2.75, 3.05) is 13.2 Å². The lowest BCUT2D eigenvalue weighted by atomic mass is 10.2. The van der Waals surface area contributed by atoms with Gasteiger partial charge in [0, 0.05) is 0 Å². The second-order valence-electron chi connectivity index (χ2n) is 2.48. The van der Waals surface area contributed by atoms with Crippen molar-refractivity contribution in [3.8, 4) is 0 Å². The standard InChI is InChI=1S/C9H10FNO3/c10-8-4-2-1-3-7(8)9(13)11-14-6-5-12/h1-4,12H,5-6H2,(H,11,13). The number of benzene rings is 1. The van der Waals surface area contributed by atoms with Gasteiger partial charge in [-0.15, -0.1) is 0 Å². The summed E-state index contributed by atoms with van der Waals surface area (Å²) in [6, 6.07) is 5.55. The number of amides is 1. The van der Waals surface area contributed by atoms with Crippen molar-refractivity contribution in [1.82, 2.24) is 5.48 Å². The fourth-order valence-electron chi connectivity index (χ4n) is 0.863. The number of carbonyl (C=O) groups excluding carboxylic acids is 1. The van der Waals surface area contributed by atoms with Crippen molar-refractivity contribution in [3.63, 3.8) is 0 Å². The van der Waals surface area contributed by atoms with Gasteiger partial charge in [-0.2, -0.15) is 0 Å². The molecule has 0 aliphatic rings. The van der Waals surface area contributed by atoms with Crippen LogP contribution < -0.4 is 5.48 Å². The minimum atomic E-state index is -0.670. The molecule has 0 unspecified atom stereocenters. The van der Waals surface area contributed by atoms with E-state index in [1.807, 2.05) is 5.48 Å². The minimum Gasteiger partial charge on any atom is -0.394 e. The molecule has 1 aromatic carbocycles. The molecule has 1 amide bonds. The van der Waals surface area contributed by atoms with E-state index in [9.17, 15) is 9.18 Å². The van der Waals surface area contributed by atoms with Gasteiger partial charge < -0.3 is 5.11 Å². The zero-order chi connectivity index (χ0) is 10.4. The number of hydrogen-bond donors (Lipinski definition) is 2. The van der Waals surface area contributed by atoms with Crippen molar-refractivity contribution < 1.29 is 19.1 Å². The highest BCUT2D eigenvalue weighted by Crippen LogP contribution is 2.05.